The van der Waals surface area contributed by atoms with E-state index in [1.807, 2.05) is 0 Å². The van der Waals surface area contributed by atoms with Crippen LogP contribution in [0.15, 0.2) is 53.3 Å². The monoisotopic (exact) mass is 398 g/mol. The highest BCUT2D eigenvalue weighted by Crippen LogP contribution is 2.15. The summed E-state index contributed by atoms with van der Waals surface area (Å²) in [7, 11) is 3.10. The van der Waals surface area contributed by atoms with Gasteiger partial charge in [0.05, 0.1) is 24.0 Å². The lowest BCUT2D eigenvalue weighted by atomic mass is 10.1. The Balaban J connectivity index is 1.70. The van der Waals surface area contributed by atoms with Crippen molar-refractivity contribution in [2.24, 2.45) is 7.05 Å². The lowest BCUT2D eigenvalue weighted by molar-refractivity contribution is -0.132. The lowest BCUT2D eigenvalue weighted by Gasteiger charge is -2.17. The molecule has 0 radical (unpaired) electrons. The number of carbonyl (C=O) groups excluding carboxylic acids is 2. The SMILES string of the molecule is CN(CC(=O)Nc1ccc(Cl)cc1)C(=O)Cc1nn(C)c(=O)c2ccccc12. The van der Waals surface area contributed by atoms with Gasteiger partial charge in [-0.1, -0.05) is 29.8 Å². The molecule has 8 heteroatoms. The predicted molar refractivity (Wildman–Crippen MR) is 108 cm³/mol. The number of benzene rings is 2. The quantitative estimate of drug-likeness (QED) is 0.714. The lowest BCUT2D eigenvalue weighted by Crippen LogP contribution is -2.36. The largest absolute Gasteiger partial charge is 0.336 e. The van der Waals surface area contributed by atoms with Gasteiger partial charge in [0.15, 0.2) is 0 Å². The van der Waals surface area contributed by atoms with Crippen molar-refractivity contribution in [2.75, 3.05) is 18.9 Å². The highest BCUT2D eigenvalue weighted by Gasteiger charge is 2.17. The van der Waals surface area contributed by atoms with Crippen LogP contribution in [0.25, 0.3) is 10.8 Å². The second-order valence-corrected chi connectivity index (χ2v) is 6.84. The molecule has 0 saturated heterocycles. The number of anilines is 1. The van der Waals surface area contributed by atoms with Gasteiger partial charge in [0.1, 0.15) is 0 Å². The van der Waals surface area contributed by atoms with Gasteiger partial charge >= 0.3 is 0 Å². The minimum atomic E-state index is -0.323. The van der Waals surface area contributed by atoms with Crippen molar-refractivity contribution in [3.63, 3.8) is 0 Å². The Morgan fingerprint density at radius 3 is 2.43 bits per heavy atom. The number of hydrogen-bond donors (Lipinski definition) is 1. The Kier molecular flexibility index (Phi) is 5.75. The first-order valence-electron chi connectivity index (χ1n) is 8.59. The molecule has 7 nitrogen and oxygen atoms in total. The van der Waals surface area contributed by atoms with Crippen LogP contribution in [-0.2, 0) is 23.1 Å². The molecule has 0 fully saturated rings. The summed E-state index contributed by atoms with van der Waals surface area (Å²) in [5.74, 6) is -0.598. The average molecular weight is 399 g/mol. The smallest absolute Gasteiger partial charge is 0.274 e. The van der Waals surface area contributed by atoms with Crippen molar-refractivity contribution in [3.05, 3.63) is 69.6 Å². The predicted octanol–water partition coefficient (Wildman–Crippen LogP) is 2.23. The van der Waals surface area contributed by atoms with Crippen LogP contribution in [0.4, 0.5) is 5.69 Å². The molecule has 0 aliphatic heterocycles. The molecule has 0 bridgehead atoms. The number of nitrogens with zero attached hydrogens (tertiary/aromatic N) is 3. The molecular weight excluding hydrogens is 380 g/mol. The summed E-state index contributed by atoms with van der Waals surface area (Å²) in [6, 6.07) is 13.7. The molecular formula is C20H19ClN4O3. The summed E-state index contributed by atoms with van der Waals surface area (Å²) in [5, 5.41) is 8.65. The summed E-state index contributed by atoms with van der Waals surface area (Å²) in [6.07, 6.45) is -0.0145. The van der Waals surface area contributed by atoms with Crippen LogP contribution in [0.2, 0.25) is 5.02 Å². The van der Waals surface area contributed by atoms with Crippen molar-refractivity contribution >= 4 is 39.9 Å². The van der Waals surface area contributed by atoms with Crippen LogP contribution in [0.1, 0.15) is 5.69 Å². The van der Waals surface area contributed by atoms with E-state index in [9.17, 15) is 14.4 Å². The van der Waals surface area contributed by atoms with Crippen molar-refractivity contribution in [1.29, 1.82) is 0 Å². The molecule has 0 aliphatic carbocycles. The number of fused-ring (bicyclic) bond motifs is 1. The van der Waals surface area contributed by atoms with Gasteiger partial charge in [0.2, 0.25) is 11.8 Å². The number of nitrogens with one attached hydrogen (secondary N) is 1. The van der Waals surface area contributed by atoms with E-state index in [1.165, 1.54) is 9.58 Å². The van der Waals surface area contributed by atoms with E-state index in [-0.39, 0.29) is 30.3 Å². The number of likely N-dealkylation sites (N-methyl/N-ethyl adjacent to an activating group) is 1. The van der Waals surface area contributed by atoms with E-state index in [2.05, 4.69) is 10.4 Å². The number of hydrogen-bond acceptors (Lipinski definition) is 4. The highest BCUT2D eigenvalue weighted by atomic mass is 35.5. The molecule has 2 aromatic carbocycles. The van der Waals surface area contributed by atoms with Gasteiger partial charge in [-0.25, -0.2) is 4.68 Å². The number of rotatable bonds is 5. The molecule has 1 N–H and O–H groups in total. The number of amides is 2. The molecule has 1 heterocycles. The second-order valence-electron chi connectivity index (χ2n) is 6.40. The Labute approximate surface area is 166 Å². The van der Waals surface area contributed by atoms with Crippen molar-refractivity contribution in [2.45, 2.75) is 6.42 Å². The molecule has 0 unspecified atom stereocenters. The van der Waals surface area contributed by atoms with E-state index < -0.39 is 0 Å². The fourth-order valence-electron chi connectivity index (χ4n) is 2.82. The van der Waals surface area contributed by atoms with Crippen LogP contribution in [0, 0.1) is 0 Å². The maximum absolute atomic E-state index is 12.6. The van der Waals surface area contributed by atoms with Crippen molar-refractivity contribution in [1.82, 2.24) is 14.7 Å². The molecule has 3 rings (SSSR count). The molecule has 2 amide bonds. The minimum absolute atomic E-state index is 0.0145. The van der Waals surface area contributed by atoms with Crippen molar-refractivity contribution in [3.8, 4) is 0 Å². The van der Waals surface area contributed by atoms with E-state index in [4.69, 9.17) is 11.6 Å². The Morgan fingerprint density at radius 2 is 1.75 bits per heavy atom. The normalized spacial score (nSPS) is 10.7. The topological polar surface area (TPSA) is 84.3 Å². The second kappa shape index (κ2) is 8.22. The van der Waals surface area contributed by atoms with Gasteiger partial charge in [-0.3, -0.25) is 14.4 Å². The average Bonchev–Trinajstić information content (AvgIpc) is 2.67. The van der Waals surface area contributed by atoms with Gasteiger partial charge in [0, 0.05) is 30.2 Å². The summed E-state index contributed by atoms with van der Waals surface area (Å²) in [4.78, 5) is 38.3. The van der Waals surface area contributed by atoms with Gasteiger partial charge in [-0.2, -0.15) is 5.10 Å². The van der Waals surface area contributed by atoms with Crippen LogP contribution < -0.4 is 10.9 Å². The fourth-order valence-corrected chi connectivity index (χ4v) is 2.95. The summed E-state index contributed by atoms with van der Waals surface area (Å²) < 4.78 is 1.22. The van der Waals surface area contributed by atoms with Gasteiger partial charge in [-0.15, -0.1) is 0 Å². The van der Waals surface area contributed by atoms with E-state index in [0.29, 0.717) is 27.2 Å². The molecule has 1 aromatic heterocycles. The maximum Gasteiger partial charge on any atom is 0.274 e. The molecule has 0 spiro atoms. The third kappa shape index (κ3) is 4.37. The summed E-state index contributed by atoms with van der Waals surface area (Å²) >= 11 is 5.82. The molecule has 0 atom stereocenters. The molecule has 28 heavy (non-hydrogen) atoms. The molecule has 0 aliphatic rings. The summed E-state index contributed by atoms with van der Waals surface area (Å²) in [5.41, 5.74) is 0.871. The van der Waals surface area contributed by atoms with Gasteiger partial charge < -0.3 is 10.2 Å². The summed E-state index contributed by atoms with van der Waals surface area (Å²) in [6.45, 7) is -0.106. The highest BCUT2D eigenvalue weighted by molar-refractivity contribution is 6.30. The zero-order valence-electron chi connectivity index (χ0n) is 15.5. The molecule has 0 saturated carbocycles. The number of aromatic nitrogens is 2. The molecule has 144 valence electrons. The Morgan fingerprint density at radius 1 is 1.11 bits per heavy atom. The van der Waals surface area contributed by atoms with Crippen molar-refractivity contribution < 1.29 is 9.59 Å². The van der Waals surface area contributed by atoms with E-state index in [0.717, 1.165) is 0 Å². The van der Waals surface area contributed by atoms with Crippen LogP contribution >= 0.6 is 11.6 Å². The third-order valence-electron chi connectivity index (χ3n) is 4.29. The van der Waals surface area contributed by atoms with E-state index >= 15 is 0 Å². The van der Waals surface area contributed by atoms with Gasteiger partial charge in [-0.05, 0) is 30.3 Å². The fraction of sp³-hybridized carbons (Fsp3) is 0.200. The van der Waals surface area contributed by atoms with Crippen LogP contribution in [-0.4, -0.2) is 40.1 Å². The Bertz CT molecular complexity index is 1090. The number of aryl methyl sites for hydroxylation is 1. The van der Waals surface area contributed by atoms with Crippen LogP contribution in [0.5, 0.6) is 0 Å². The third-order valence-corrected chi connectivity index (χ3v) is 4.54. The standard InChI is InChI=1S/C20H19ClN4O3/c1-24(12-18(26)22-14-9-7-13(21)8-10-14)19(27)11-17-15-5-3-4-6-16(15)20(28)25(2)23-17/h3-10H,11-12H2,1-2H3,(H,22,26). The Hall–Kier alpha value is -3.19. The zero-order valence-corrected chi connectivity index (χ0v) is 16.2. The van der Waals surface area contributed by atoms with Crippen LogP contribution in [0.3, 0.4) is 0 Å². The van der Waals surface area contributed by atoms with E-state index in [1.54, 1.807) is 62.6 Å². The minimum Gasteiger partial charge on any atom is -0.336 e. The maximum atomic E-state index is 12.6. The zero-order chi connectivity index (χ0) is 20.3. The van der Waals surface area contributed by atoms with Gasteiger partial charge in [0.25, 0.3) is 5.56 Å². The number of halogens is 1. The number of carbonyl (C=O) groups is 2. The first kappa shape index (κ1) is 19.6. The first-order chi connectivity index (χ1) is 13.3. The molecule has 3 aromatic rings. The first-order valence-corrected chi connectivity index (χ1v) is 8.97.